The average Bonchev–Trinajstić information content (AvgIpc) is 2.74. The second kappa shape index (κ2) is 5.00. The number of hydrogen-bond donors (Lipinski definition) is 1. The molecule has 17 heavy (non-hydrogen) atoms. The lowest BCUT2D eigenvalue weighted by Crippen LogP contribution is -2.02. The molecule has 0 unspecified atom stereocenters. The maximum absolute atomic E-state index is 5.21. The van der Waals surface area contributed by atoms with Crippen LogP contribution in [-0.2, 0) is 0 Å². The number of nitrogens with zero attached hydrogens (tertiary/aromatic N) is 4. The molecule has 2 heterocycles. The molecule has 0 radical (unpaired) electrons. The third-order valence-electron chi connectivity index (χ3n) is 1.78. The Morgan fingerprint density at radius 1 is 1.29 bits per heavy atom. The molecule has 0 aliphatic heterocycles. The Morgan fingerprint density at radius 2 is 2.12 bits per heavy atom. The van der Waals surface area contributed by atoms with Gasteiger partial charge in [0.2, 0.25) is 11.1 Å². The molecule has 0 aliphatic carbocycles. The number of ether oxygens (including phenoxy) is 1. The highest BCUT2D eigenvalue weighted by atomic mass is 32.2. The topological polar surface area (TPSA) is 86.0 Å². The molecule has 2 aromatic heterocycles. The quantitative estimate of drug-likeness (QED) is 0.874. The van der Waals surface area contributed by atoms with Crippen molar-refractivity contribution in [2.75, 3.05) is 19.5 Å². The highest BCUT2D eigenvalue weighted by Gasteiger charge is 2.10. The van der Waals surface area contributed by atoms with E-state index in [2.05, 4.69) is 25.3 Å². The van der Waals surface area contributed by atoms with Gasteiger partial charge in [-0.25, -0.2) is 4.98 Å². The molecule has 1 N–H and O–H groups in total. The lowest BCUT2D eigenvalue weighted by molar-refractivity contribution is 0.373. The van der Waals surface area contributed by atoms with Crippen LogP contribution in [0, 0.1) is 6.92 Å². The standard InChI is InChI=1S/C9H11N5O2S/c1-5-4-16-9(11-5)17-8-13-6(10-2)12-7(14-8)15-3/h4H,1-3H3,(H,10,12,13,14). The monoisotopic (exact) mass is 253 g/mol. The number of nitrogens with one attached hydrogen (secondary N) is 1. The molecule has 0 fully saturated rings. The summed E-state index contributed by atoms with van der Waals surface area (Å²) in [7, 11) is 3.22. The normalized spacial score (nSPS) is 10.3. The van der Waals surface area contributed by atoms with Gasteiger partial charge in [0.05, 0.1) is 12.8 Å². The summed E-state index contributed by atoms with van der Waals surface area (Å²) in [5.74, 6) is 0.433. The van der Waals surface area contributed by atoms with Gasteiger partial charge in [-0.2, -0.15) is 15.0 Å². The van der Waals surface area contributed by atoms with E-state index in [-0.39, 0.29) is 6.01 Å². The first kappa shape index (κ1) is 11.6. The minimum Gasteiger partial charge on any atom is -0.467 e. The van der Waals surface area contributed by atoms with Crippen molar-refractivity contribution in [3.05, 3.63) is 12.0 Å². The van der Waals surface area contributed by atoms with Gasteiger partial charge >= 0.3 is 6.01 Å². The maximum Gasteiger partial charge on any atom is 0.321 e. The van der Waals surface area contributed by atoms with Gasteiger partial charge in [0.25, 0.3) is 5.22 Å². The second-order valence-electron chi connectivity index (χ2n) is 3.04. The Morgan fingerprint density at radius 3 is 2.71 bits per heavy atom. The number of aromatic nitrogens is 4. The highest BCUT2D eigenvalue weighted by Crippen LogP contribution is 2.25. The Bertz CT molecular complexity index is 494. The number of methoxy groups -OCH3 is 1. The van der Waals surface area contributed by atoms with E-state index in [9.17, 15) is 0 Å². The number of rotatable bonds is 4. The van der Waals surface area contributed by atoms with Crippen molar-refractivity contribution in [1.29, 1.82) is 0 Å². The van der Waals surface area contributed by atoms with Crippen LogP contribution in [-0.4, -0.2) is 34.1 Å². The van der Waals surface area contributed by atoms with Gasteiger partial charge in [0.1, 0.15) is 6.26 Å². The van der Waals surface area contributed by atoms with E-state index < -0.39 is 0 Å². The van der Waals surface area contributed by atoms with Crippen LogP contribution >= 0.6 is 11.8 Å². The van der Waals surface area contributed by atoms with Crippen molar-refractivity contribution in [1.82, 2.24) is 19.9 Å². The summed E-state index contributed by atoms with van der Waals surface area (Å²) in [5, 5.41) is 3.77. The molecule has 8 heteroatoms. The van der Waals surface area contributed by atoms with Crippen LogP contribution in [0.2, 0.25) is 0 Å². The summed E-state index contributed by atoms with van der Waals surface area (Å²) >= 11 is 1.21. The number of hydrogen-bond acceptors (Lipinski definition) is 8. The minimum atomic E-state index is 0.245. The third kappa shape index (κ3) is 2.84. The van der Waals surface area contributed by atoms with E-state index in [1.807, 2.05) is 6.92 Å². The lowest BCUT2D eigenvalue weighted by Gasteiger charge is -2.03. The van der Waals surface area contributed by atoms with E-state index in [0.29, 0.717) is 16.3 Å². The zero-order valence-corrected chi connectivity index (χ0v) is 10.4. The molecule has 0 aromatic carbocycles. The molecule has 0 spiro atoms. The molecule has 0 saturated heterocycles. The van der Waals surface area contributed by atoms with Gasteiger partial charge in [-0.05, 0) is 6.92 Å². The van der Waals surface area contributed by atoms with E-state index in [1.54, 1.807) is 13.3 Å². The molecule has 2 rings (SSSR count). The predicted octanol–water partition coefficient (Wildman–Crippen LogP) is 1.37. The van der Waals surface area contributed by atoms with E-state index in [0.717, 1.165) is 5.69 Å². The highest BCUT2D eigenvalue weighted by molar-refractivity contribution is 7.98. The third-order valence-corrected chi connectivity index (χ3v) is 2.50. The summed E-state index contributed by atoms with van der Waals surface area (Å²) in [6.07, 6.45) is 1.57. The summed E-state index contributed by atoms with van der Waals surface area (Å²) in [6, 6.07) is 0.245. The Hall–Kier alpha value is -1.83. The average molecular weight is 253 g/mol. The van der Waals surface area contributed by atoms with Crippen molar-refractivity contribution in [2.24, 2.45) is 0 Å². The van der Waals surface area contributed by atoms with Crippen LogP contribution in [0.1, 0.15) is 5.69 Å². The van der Waals surface area contributed by atoms with Gasteiger partial charge in [-0.1, -0.05) is 0 Å². The van der Waals surface area contributed by atoms with Gasteiger partial charge in [-0.15, -0.1) is 0 Å². The molecule has 0 aliphatic rings. The first-order valence-electron chi connectivity index (χ1n) is 4.79. The molecule has 90 valence electrons. The van der Waals surface area contributed by atoms with Crippen LogP contribution < -0.4 is 10.1 Å². The van der Waals surface area contributed by atoms with E-state index in [4.69, 9.17) is 9.15 Å². The van der Waals surface area contributed by atoms with Gasteiger partial charge < -0.3 is 14.5 Å². The smallest absolute Gasteiger partial charge is 0.321 e. The Balaban J connectivity index is 2.25. The van der Waals surface area contributed by atoms with Gasteiger partial charge in [0.15, 0.2) is 0 Å². The van der Waals surface area contributed by atoms with Crippen LogP contribution in [0.3, 0.4) is 0 Å². The summed E-state index contributed by atoms with van der Waals surface area (Å²) in [5.41, 5.74) is 0.808. The zero-order chi connectivity index (χ0) is 12.3. The van der Waals surface area contributed by atoms with Crippen LogP contribution in [0.15, 0.2) is 21.1 Å². The van der Waals surface area contributed by atoms with Crippen LogP contribution in [0.25, 0.3) is 0 Å². The van der Waals surface area contributed by atoms with Crippen molar-refractivity contribution in [2.45, 2.75) is 17.3 Å². The van der Waals surface area contributed by atoms with Gasteiger partial charge in [-0.3, -0.25) is 0 Å². The summed E-state index contributed by atoms with van der Waals surface area (Å²) in [6.45, 7) is 1.85. The molecular formula is C9H11N5O2S. The second-order valence-corrected chi connectivity index (χ2v) is 3.95. The fourth-order valence-corrected chi connectivity index (χ4v) is 1.74. The first-order chi connectivity index (χ1) is 8.21. The fraction of sp³-hybridized carbons (Fsp3) is 0.333. The SMILES string of the molecule is CNc1nc(OC)nc(Sc2nc(C)co2)n1. The summed E-state index contributed by atoms with van der Waals surface area (Å²) in [4.78, 5) is 16.4. The molecule has 0 amide bonds. The zero-order valence-electron chi connectivity index (χ0n) is 9.59. The predicted molar refractivity (Wildman–Crippen MR) is 61.3 cm³/mol. The van der Waals surface area contributed by atoms with Crippen LogP contribution in [0.5, 0.6) is 6.01 Å². The van der Waals surface area contributed by atoms with Crippen molar-refractivity contribution < 1.29 is 9.15 Å². The number of anilines is 1. The van der Waals surface area contributed by atoms with Crippen LogP contribution in [0.4, 0.5) is 5.95 Å². The molecule has 0 atom stereocenters. The maximum atomic E-state index is 5.21. The van der Waals surface area contributed by atoms with E-state index in [1.165, 1.54) is 18.9 Å². The number of oxazole rings is 1. The largest absolute Gasteiger partial charge is 0.467 e. The molecule has 2 aromatic rings. The lowest BCUT2D eigenvalue weighted by atomic mass is 10.6. The van der Waals surface area contributed by atoms with Gasteiger partial charge in [0, 0.05) is 18.8 Å². The first-order valence-corrected chi connectivity index (χ1v) is 5.60. The Kier molecular flexibility index (Phi) is 3.43. The van der Waals surface area contributed by atoms with Crippen molar-refractivity contribution >= 4 is 17.7 Å². The summed E-state index contributed by atoms with van der Waals surface area (Å²) < 4.78 is 10.2. The Labute approximate surface area is 102 Å². The molecule has 0 bridgehead atoms. The molecular weight excluding hydrogens is 242 g/mol. The molecule has 0 saturated carbocycles. The van der Waals surface area contributed by atoms with Crippen molar-refractivity contribution in [3.63, 3.8) is 0 Å². The minimum absolute atomic E-state index is 0.245. The number of aryl methyl sites for hydroxylation is 1. The molecule has 7 nitrogen and oxygen atoms in total. The van der Waals surface area contributed by atoms with E-state index >= 15 is 0 Å². The fourth-order valence-electron chi connectivity index (χ4n) is 1.04. The van der Waals surface area contributed by atoms with Crippen molar-refractivity contribution in [3.8, 4) is 6.01 Å².